The van der Waals surface area contributed by atoms with Gasteiger partial charge in [0, 0.05) is 16.2 Å². The summed E-state index contributed by atoms with van der Waals surface area (Å²) in [5, 5.41) is 0. The molecule has 1 aromatic heterocycles. The van der Waals surface area contributed by atoms with E-state index in [9.17, 15) is 4.79 Å². The minimum absolute atomic E-state index is 0.100. The van der Waals surface area contributed by atoms with Crippen LogP contribution >= 0.6 is 23.1 Å². The number of hydrogen-bond acceptors (Lipinski definition) is 4. The first-order valence-corrected chi connectivity index (χ1v) is 8.13. The first-order valence-electron chi connectivity index (χ1n) is 6.16. The van der Waals surface area contributed by atoms with E-state index in [0.29, 0.717) is 5.56 Å². The fourth-order valence-corrected chi connectivity index (χ4v) is 4.50. The molecular formula is C15H14O2S2. The third-order valence-corrected chi connectivity index (χ3v) is 5.43. The molecule has 0 radical (unpaired) electrons. The Balaban J connectivity index is 1.92. The van der Waals surface area contributed by atoms with Gasteiger partial charge in [-0.2, -0.15) is 11.8 Å². The normalized spacial score (nSPS) is 13.9. The van der Waals surface area contributed by atoms with E-state index in [1.807, 2.05) is 30.0 Å². The number of aryl methyl sites for hydroxylation is 1. The molecule has 1 aromatic carbocycles. The summed E-state index contributed by atoms with van der Waals surface area (Å²) in [6.07, 6.45) is 1.09. The Kier molecular flexibility index (Phi) is 3.62. The predicted molar refractivity (Wildman–Crippen MR) is 80.6 cm³/mol. The lowest BCUT2D eigenvalue weighted by molar-refractivity contribution is 0.104. The fourth-order valence-electron chi connectivity index (χ4n) is 2.17. The van der Waals surface area contributed by atoms with Crippen molar-refractivity contribution in [3.05, 3.63) is 51.2 Å². The van der Waals surface area contributed by atoms with Gasteiger partial charge in [0.15, 0.2) is 0 Å². The molecule has 2 nitrogen and oxygen atoms in total. The third-order valence-electron chi connectivity index (χ3n) is 3.18. The smallest absolute Gasteiger partial charge is 0.203 e. The molecule has 2 aromatic rings. The van der Waals surface area contributed by atoms with Gasteiger partial charge in [-0.15, -0.1) is 11.3 Å². The van der Waals surface area contributed by atoms with Crippen LogP contribution in [0.4, 0.5) is 0 Å². The number of benzene rings is 1. The van der Waals surface area contributed by atoms with Gasteiger partial charge in [-0.3, -0.25) is 4.79 Å². The molecule has 98 valence electrons. The number of methoxy groups -OCH3 is 1. The average molecular weight is 290 g/mol. The van der Waals surface area contributed by atoms with E-state index in [4.69, 9.17) is 4.74 Å². The van der Waals surface area contributed by atoms with Crippen molar-refractivity contribution in [1.82, 2.24) is 0 Å². The summed E-state index contributed by atoms with van der Waals surface area (Å²) in [4.78, 5) is 14.7. The van der Waals surface area contributed by atoms with Gasteiger partial charge < -0.3 is 4.74 Å². The molecule has 2 heterocycles. The average Bonchev–Trinajstić information content (AvgIpc) is 2.90. The van der Waals surface area contributed by atoms with Crippen molar-refractivity contribution in [3.8, 4) is 5.75 Å². The van der Waals surface area contributed by atoms with Crippen molar-refractivity contribution >= 4 is 28.9 Å². The zero-order valence-electron chi connectivity index (χ0n) is 10.6. The zero-order valence-corrected chi connectivity index (χ0v) is 12.3. The summed E-state index contributed by atoms with van der Waals surface area (Å²) in [5.74, 6) is 3.03. The summed E-state index contributed by atoms with van der Waals surface area (Å²) < 4.78 is 5.17. The van der Waals surface area contributed by atoms with Crippen molar-refractivity contribution < 1.29 is 9.53 Å². The Bertz CT molecular complexity index is 593. The molecule has 0 saturated heterocycles. The first-order chi connectivity index (χ1) is 9.28. The van der Waals surface area contributed by atoms with E-state index >= 15 is 0 Å². The number of fused-ring (bicyclic) bond motifs is 1. The summed E-state index contributed by atoms with van der Waals surface area (Å²) in [6.45, 7) is 0. The van der Waals surface area contributed by atoms with Crippen LogP contribution in [0.25, 0.3) is 0 Å². The number of carbonyl (C=O) groups is 1. The summed E-state index contributed by atoms with van der Waals surface area (Å²) in [7, 11) is 1.62. The molecule has 0 atom stereocenters. The molecule has 0 spiro atoms. The van der Waals surface area contributed by atoms with E-state index in [1.165, 1.54) is 16.2 Å². The summed E-state index contributed by atoms with van der Waals surface area (Å²) in [6, 6.07) is 9.42. The van der Waals surface area contributed by atoms with Crippen LogP contribution in [-0.2, 0) is 12.2 Å². The van der Waals surface area contributed by atoms with Crippen LogP contribution in [0.1, 0.15) is 25.7 Å². The highest BCUT2D eigenvalue weighted by Gasteiger charge is 2.18. The number of thioether (sulfide) groups is 1. The molecule has 19 heavy (non-hydrogen) atoms. The maximum atomic E-state index is 12.5. The van der Waals surface area contributed by atoms with Gasteiger partial charge in [0.25, 0.3) is 0 Å². The van der Waals surface area contributed by atoms with E-state index in [2.05, 4.69) is 6.07 Å². The molecular weight excluding hydrogens is 276 g/mol. The molecule has 1 aliphatic rings. The molecule has 1 aliphatic heterocycles. The molecule has 0 aliphatic carbocycles. The second kappa shape index (κ2) is 5.39. The number of thiophene rings is 1. The van der Waals surface area contributed by atoms with Gasteiger partial charge >= 0.3 is 0 Å². The molecule has 3 rings (SSSR count). The number of hydrogen-bond donors (Lipinski definition) is 0. The van der Waals surface area contributed by atoms with Crippen molar-refractivity contribution in [2.75, 3.05) is 12.9 Å². The third kappa shape index (κ3) is 2.55. The quantitative estimate of drug-likeness (QED) is 0.805. The van der Waals surface area contributed by atoms with Gasteiger partial charge in [0.05, 0.1) is 12.0 Å². The second-order valence-corrected chi connectivity index (χ2v) is 6.66. The van der Waals surface area contributed by atoms with E-state index in [1.54, 1.807) is 24.5 Å². The minimum Gasteiger partial charge on any atom is -0.497 e. The molecule has 0 unspecified atom stereocenters. The van der Waals surface area contributed by atoms with Crippen molar-refractivity contribution in [2.45, 2.75) is 12.2 Å². The summed E-state index contributed by atoms with van der Waals surface area (Å²) in [5.41, 5.74) is 2.04. The van der Waals surface area contributed by atoms with Crippen LogP contribution in [0.15, 0.2) is 30.3 Å². The highest BCUT2D eigenvalue weighted by molar-refractivity contribution is 7.98. The van der Waals surface area contributed by atoms with Gasteiger partial charge in [-0.1, -0.05) is 12.1 Å². The lowest BCUT2D eigenvalue weighted by Crippen LogP contribution is -1.98. The van der Waals surface area contributed by atoms with Gasteiger partial charge in [-0.05, 0) is 35.9 Å². The molecule has 0 bridgehead atoms. The minimum atomic E-state index is 0.100. The number of ketones is 1. The van der Waals surface area contributed by atoms with Crippen LogP contribution in [0.2, 0.25) is 0 Å². The number of rotatable bonds is 3. The van der Waals surface area contributed by atoms with Crippen LogP contribution in [-0.4, -0.2) is 18.6 Å². The Morgan fingerprint density at radius 2 is 2.21 bits per heavy atom. The highest BCUT2D eigenvalue weighted by atomic mass is 32.2. The van der Waals surface area contributed by atoms with E-state index in [-0.39, 0.29) is 5.78 Å². The van der Waals surface area contributed by atoms with Crippen LogP contribution in [0, 0.1) is 0 Å². The van der Waals surface area contributed by atoms with Crippen molar-refractivity contribution in [3.63, 3.8) is 0 Å². The Labute approximate surface area is 120 Å². The Hall–Kier alpha value is -1.26. The molecule has 4 heteroatoms. The fraction of sp³-hybridized carbons (Fsp3) is 0.267. The van der Waals surface area contributed by atoms with Crippen LogP contribution < -0.4 is 4.74 Å². The molecule has 0 N–H and O–H groups in total. The van der Waals surface area contributed by atoms with E-state index < -0.39 is 0 Å². The highest BCUT2D eigenvalue weighted by Crippen LogP contribution is 2.33. The lowest BCUT2D eigenvalue weighted by Gasteiger charge is -2.08. The van der Waals surface area contributed by atoms with Crippen LogP contribution in [0.5, 0.6) is 5.75 Å². The Morgan fingerprint density at radius 3 is 3.00 bits per heavy atom. The second-order valence-electron chi connectivity index (χ2n) is 4.42. The zero-order chi connectivity index (χ0) is 13.2. The monoisotopic (exact) mass is 290 g/mol. The molecule has 0 fully saturated rings. The lowest BCUT2D eigenvalue weighted by atomic mass is 10.1. The maximum Gasteiger partial charge on any atom is 0.203 e. The van der Waals surface area contributed by atoms with Gasteiger partial charge in [0.1, 0.15) is 5.75 Å². The maximum absolute atomic E-state index is 12.5. The molecule has 0 saturated carbocycles. The van der Waals surface area contributed by atoms with E-state index in [0.717, 1.165) is 22.8 Å². The Morgan fingerprint density at radius 1 is 1.32 bits per heavy atom. The topological polar surface area (TPSA) is 26.3 Å². The van der Waals surface area contributed by atoms with Crippen molar-refractivity contribution in [1.29, 1.82) is 0 Å². The predicted octanol–water partition coefficient (Wildman–Crippen LogP) is 3.78. The molecule has 0 amide bonds. The SMILES string of the molecule is COc1cccc(C(=O)c2cc3c(s2)CCSC3)c1. The largest absolute Gasteiger partial charge is 0.497 e. The first kappa shape index (κ1) is 12.8. The van der Waals surface area contributed by atoms with Gasteiger partial charge in [-0.25, -0.2) is 0 Å². The van der Waals surface area contributed by atoms with Gasteiger partial charge in [0.2, 0.25) is 5.78 Å². The standard InChI is InChI=1S/C15H14O2S2/c1-17-12-4-2-3-10(7-12)15(16)14-8-11-9-18-6-5-13(11)19-14/h2-4,7-8H,5-6,9H2,1H3. The van der Waals surface area contributed by atoms with Crippen molar-refractivity contribution in [2.24, 2.45) is 0 Å². The summed E-state index contributed by atoms with van der Waals surface area (Å²) >= 11 is 3.59. The number of ether oxygens (including phenoxy) is 1. The van der Waals surface area contributed by atoms with Crippen LogP contribution in [0.3, 0.4) is 0 Å². The number of carbonyl (C=O) groups excluding carboxylic acids is 1.